The summed E-state index contributed by atoms with van der Waals surface area (Å²) in [5.74, 6) is -0.438. The van der Waals surface area contributed by atoms with E-state index in [0.29, 0.717) is 5.52 Å². The molecule has 1 aromatic heterocycles. The number of H-pyrrole nitrogens is 1. The summed E-state index contributed by atoms with van der Waals surface area (Å²) < 4.78 is 51.8. The third kappa shape index (κ3) is 2.42. The number of rotatable bonds is 1. The summed E-state index contributed by atoms with van der Waals surface area (Å²) in [5, 5.41) is 0. The summed E-state index contributed by atoms with van der Waals surface area (Å²) in [6, 6.07) is 7.17. The summed E-state index contributed by atoms with van der Waals surface area (Å²) in [7, 11) is 0. The number of nitrogens with two attached hydrogens (primary N) is 1. The highest BCUT2D eigenvalue weighted by Crippen LogP contribution is 2.32. The van der Waals surface area contributed by atoms with Crippen LogP contribution in [0, 0.1) is 5.82 Å². The number of hydrogen-bond donors (Lipinski definition) is 2. The first-order chi connectivity index (χ1) is 9.84. The van der Waals surface area contributed by atoms with Gasteiger partial charge < -0.3 is 10.7 Å². The SMILES string of the molecule is Nc1ccc(-c2nc3ccc(C(F)(F)F)cc3[nH]2)c(F)c1. The second kappa shape index (κ2) is 4.47. The van der Waals surface area contributed by atoms with Crippen LogP contribution >= 0.6 is 0 Å². The molecule has 0 spiro atoms. The van der Waals surface area contributed by atoms with E-state index >= 15 is 0 Å². The van der Waals surface area contributed by atoms with Crippen LogP contribution in [0.5, 0.6) is 0 Å². The molecule has 0 saturated carbocycles. The first kappa shape index (κ1) is 13.4. The third-order valence-electron chi connectivity index (χ3n) is 3.06. The Labute approximate surface area is 116 Å². The number of nitrogens with zero attached hydrogens (tertiary/aromatic N) is 1. The zero-order chi connectivity index (χ0) is 15.2. The molecular weight excluding hydrogens is 286 g/mol. The number of halogens is 4. The van der Waals surface area contributed by atoms with Gasteiger partial charge in [-0.2, -0.15) is 13.2 Å². The van der Waals surface area contributed by atoms with E-state index in [4.69, 9.17) is 5.73 Å². The smallest absolute Gasteiger partial charge is 0.399 e. The van der Waals surface area contributed by atoms with E-state index in [2.05, 4.69) is 9.97 Å². The Morgan fingerprint density at radius 1 is 1.05 bits per heavy atom. The van der Waals surface area contributed by atoms with Crippen LogP contribution in [0.2, 0.25) is 0 Å². The molecule has 3 rings (SSSR count). The molecule has 0 aliphatic carbocycles. The predicted octanol–water partition coefficient (Wildman–Crippen LogP) is 3.97. The fourth-order valence-corrected chi connectivity index (χ4v) is 2.04. The molecule has 108 valence electrons. The molecule has 0 atom stereocenters. The minimum Gasteiger partial charge on any atom is -0.399 e. The topological polar surface area (TPSA) is 54.7 Å². The summed E-state index contributed by atoms with van der Waals surface area (Å²) in [6.45, 7) is 0. The second-order valence-corrected chi connectivity index (χ2v) is 4.55. The standard InChI is InChI=1S/C14H9F4N3/c15-10-6-8(19)2-3-9(10)13-20-11-4-1-7(14(16,17)18)5-12(11)21-13/h1-6H,19H2,(H,20,21). The molecule has 0 radical (unpaired) electrons. The molecule has 0 aliphatic rings. The highest BCUT2D eigenvalue weighted by Gasteiger charge is 2.30. The van der Waals surface area contributed by atoms with Crippen molar-refractivity contribution in [2.45, 2.75) is 6.18 Å². The number of benzene rings is 2. The minimum atomic E-state index is -4.44. The molecule has 3 N–H and O–H groups in total. The summed E-state index contributed by atoms with van der Waals surface area (Å²) in [4.78, 5) is 6.79. The maximum atomic E-state index is 13.8. The fraction of sp³-hybridized carbons (Fsp3) is 0.0714. The molecule has 2 aromatic carbocycles. The van der Waals surface area contributed by atoms with Crippen LogP contribution in [-0.2, 0) is 6.18 Å². The molecule has 3 nitrogen and oxygen atoms in total. The van der Waals surface area contributed by atoms with Gasteiger partial charge in [0.25, 0.3) is 0 Å². The number of nitrogen functional groups attached to an aromatic ring is 1. The van der Waals surface area contributed by atoms with E-state index in [-0.39, 0.29) is 22.6 Å². The fourth-order valence-electron chi connectivity index (χ4n) is 2.04. The lowest BCUT2D eigenvalue weighted by atomic mass is 10.2. The normalized spacial score (nSPS) is 12.0. The molecule has 1 heterocycles. The Hall–Kier alpha value is -2.57. The lowest BCUT2D eigenvalue weighted by Gasteiger charge is -2.05. The highest BCUT2D eigenvalue weighted by molar-refractivity contribution is 5.80. The monoisotopic (exact) mass is 295 g/mol. The van der Waals surface area contributed by atoms with Gasteiger partial charge in [-0.1, -0.05) is 0 Å². The Bertz CT molecular complexity index is 821. The van der Waals surface area contributed by atoms with Crippen LogP contribution in [0.1, 0.15) is 5.56 Å². The highest BCUT2D eigenvalue weighted by atomic mass is 19.4. The summed E-state index contributed by atoms with van der Waals surface area (Å²) in [6.07, 6.45) is -4.44. The maximum absolute atomic E-state index is 13.8. The van der Waals surface area contributed by atoms with Crippen molar-refractivity contribution in [3.63, 3.8) is 0 Å². The number of anilines is 1. The van der Waals surface area contributed by atoms with E-state index < -0.39 is 17.6 Å². The molecule has 0 bridgehead atoms. The van der Waals surface area contributed by atoms with Crippen molar-refractivity contribution in [2.75, 3.05) is 5.73 Å². The van der Waals surface area contributed by atoms with Gasteiger partial charge in [0.1, 0.15) is 11.6 Å². The minimum absolute atomic E-state index is 0.147. The first-order valence-corrected chi connectivity index (χ1v) is 5.97. The number of aromatic nitrogens is 2. The average Bonchev–Trinajstić information content (AvgIpc) is 2.79. The van der Waals surface area contributed by atoms with Crippen LogP contribution < -0.4 is 5.73 Å². The zero-order valence-electron chi connectivity index (χ0n) is 10.5. The molecule has 0 fully saturated rings. The first-order valence-electron chi connectivity index (χ1n) is 5.97. The van der Waals surface area contributed by atoms with Gasteiger partial charge in [0, 0.05) is 5.69 Å². The maximum Gasteiger partial charge on any atom is 0.416 e. The molecule has 0 aliphatic heterocycles. The van der Waals surface area contributed by atoms with Crippen LogP contribution in [-0.4, -0.2) is 9.97 Å². The Morgan fingerprint density at radius 2 is 1.81 bits per heavy atom. The molecule has 0 saturated heterocycles. The predicted molar refractivity (Wildman–Crippen MR) is 70.9 cm³/mol. The van der Waals surface area contributed by atoms with Crippen molar-refractivity contribution < 1.29 is 17.6 Å². The van der Waals surface area contributed by atoms with Gasteiger partial charge in [-0.3, -0.25) is 0 Å². The molecule has 21 heavy (non-hydrogen) atoms. The lowest BCUT2D eigenvalue weighted by Crippen LogP contribution is -2.04. The number of hydrogen-bond acceptors (Lipinski definition) is 2. The van der Waals surface area contributed by atoms with Crippen LogP contribution in [0.3, 0.4) is 0 Å². The van der Waals surface area contributed by atoms with Crippen LogP contribution in [0.15, 0.2) is 36.4 Å². The van der Waals surface area contributed by atoms with Crippen molar-refractivity contribution in [1.29, 1.82) is 0 Å². The second-order valence-electron chi connectivity index (χ2n) is 4.55. The van der Waals surface area contributed by atoms with E-state index in [1.807, 2.05) is 0 Å². The number of aromatic amines is 1. The number of nitrogens with one attached hydrogen (secondary N) is 1. The average molecular weight is 295 g/mol. The van der Waals surface area contributed by atoms with Gasteiger partial charge >= 0.3 is 6.18 Å². The molecule has 3 aromatic rings. The van der Waals surface area contributed by atoms with Crippen molar-refractivity contribution >= 4 is 16.7 Å². The van der Waals surface area contributed by atoms with Gasteiger partial charge in [-0.15, -0.1) is 0 Å². The van der Waals surface area contributed by atoms with Crippen molar-refractivity contribution in [3.8, 4) is 11.4 Å². The van der Waals surface area contributed by atoms with Gasteiger partial charge in [-0.05, 0) is 36.4 Å². The Balaban J connectivity index is 2.13. The van der Waals surface area contributed by atoms with Gasteiger partial charge in [-0.25, -0.2) is 9.37 Å². The van der Waals surface area contributed by atoms with E-state index in [1.54, 1.807) is 0 Å². The third-order valence-corrected chi connectivity index (χ3v) is 3.06. The number of alkyl halides is 3. The van der Waals surface area contributed by atoms with E-state index in [1.165, 1.54) is 18.2 Å². The van der Waals surface area contributed by atoms with Crippen molar-refractivity contribution in [1.82, 2.24) is 9.97 Å². The number of fused-ring (bicyclic) bond motifs is 1. The summed E-state index contributed by atoms with van der Waals surface area (Å²) >= 11 is 0. The Morgan fingerprint density at radius 3 is 2.48 bits per heavy atom. The molecule has 7 heteroatoms. The lowest BCUT2D eigenvalue weighted by molar-refractivity contribution is -0.137. The zero-order valence-corrected chi connectivity index (χ0v) is 10.5. The quantitative estimate of drug-likeness (QED) is 0.527. The summed E-state index contributed by atoms with van der Waals surface area (Å²) in [5.41, 5.74) is 5.59. The van der Waals surface area contributed by atoms with E-state index in [0.717, 1.165) is 18.2 Å². The molecular formula is C14H9F4N3. The van der Waals surface area contributed by atoms with Crippen molar-refractivity contribution in [2.24, 2.45) is 0 Å². The Kier molecular flexibility index (Phi) is 2.86. The van der Waals surface area contributed by atoms with Gasteiger partial charge in [0.15, 0.2) is 0 Å². The van der Waals surface area contributed by atoms with Crippen LogP contribution in [0.25, 0.3) is 22.4 Å². The van der Waals surface area contributed by atoms with Gasteiger partial charge in [0.2, 0.25) is 0 Å². The molecule has 0 amide bonds. The molecule has 0 unspecified atom stereocenters. The van der Waals surface area contributed by atoms with Crippen molar-refractivity contribution in [3.05, 3.63) is 47.8 Å². The largest absolute Gasteiger partial charge is 0.416 e. The van der Waals surface area contributed by atoms with Crippen LogP contribution in [0.4, 0.5) is 23.2 Å². The number of imidazole rings is 1. The van der Waals surface area contributed by atoms with E-state index in [9.17, 15) is 17.6 Å². The van der Waals surface area contributed by atoms with Gasteiger partial charge in [0.05, 0.1) is 22.2 Å².